The van der Waals surface area contributed by atoms with Gasteiger partial charge in [-0.1, -0.05) is 18.2 Å². The van der Waals surface area contributed by atoms with Crippen LogP contribution in [-0.4, -0.2) is 27.0 Å². The lowest BCUT2D eigenvalue weighted by Crippen LogP contribution is -2.15. The average Bonchev–Trinajstić information content (AvgIpc) is 2.95. The van der Waals surface area contributed by atoms with Gasteiger partial charge in [0.25, 0.3) is 5.91 Å². The van der Waals surface area contributed by atoms with Crippen LogP contribution in [0.15, 0.2) is 42.7 Å². The molecule has 0 saturated carbocycles. The van der Waals surface area contributed by atoms with E-state index in [-0.39, 0.29) is 12.0 Å². The van der Waals surface area contributed by atoms with Gasteiger partial charge in [0, 0.05) is 5.69 Å². The van der Waals surface area contributed by atoms with Gasteiger partial charge in [0.1, 0.15) is 11.3 Å². The first-order chi connectivity index (χ1) is 11.0. The van der Waals surface area contributed by atoms with Crippen molar-refractivity contribution in [1.29, 1.82) is 0 Å². The molecule has 3 rings (SSSR count). The summed E-state index contributed by atoms with van der Waals surface area (Å²) >= 11 is 0. The number of carbonyl (C=O) groups excluding carboxylic acids is 1. The third-order valence-corrected chi connectivity index (χ3v) is 3.34. The number of hydrogen-bond acceptors (Lipinski definition) is 3. The molecule has 0 radical (unpaired) electrons. The van der Waals surface area contributed by atoms with Crippen LogP contribution in [0.2, 0.25) is 0 Å². The predicted octanol–water partition coefficient (Wildman–Crippen LogP) is 2.58. The van der Waals surface area contributed by atoms with Crippen molar-refractivity contribution < 1.29 is 19.1 Å². The molecule has 0 aliphatic carbocycles. The molecule has 1 amide bonds. The fourth-order valence-corrected chi connectivity index (χ4v) is 2.34. The van der Waals surface area contributed by atoms with Crippen molar-refractivity contribution in [2.75, 3.05) is 5.32 Å². The average molecular weight is 313 g/mol. The molecular formula is C16H12FN3O3. The first-order valence-corrected chi connectivity index (χ1v) is 6.78. The minimum Gasteiger partial charge on any atom is -0.481 e. The number of benzene rings is 2. The van der Waals surface area contributed by atoms with Crippen LogP contribution in [0, 0.1) is 5.82 Å². The van der Waals surface area contributed by atoms with E-state index in [4.69, 9.17) is 5.11 Å². The minimum absolute atomic E-state index is 0.0754. The van der Waals surface area contributed by atoms with Crippen LogP contribution in [-0.2, 0) is 11.2 Å². The zero-order valence-corrected chi connectivity index (χ0v) is 11.8. The summed E-state index contributed by atoms with van der Waals surface area (Å²) in [6, 6.07) is 8.91. The second-order valence-electron chi connectivity index (χ2n) is 4.93. The molecule has 0 saturated heterocycles. The number of aromatic nitrogens is 2. The van der Waals surface area contributed by atoms with Crippen molar-refractivity contribution in [1.82, 2.24) is 9.97 Å². The number of fused-ring (bicyclic) bond motifs is 1. The number of imidazole rings is 1. The van der Waals surface area contributed by atoms with Gasteiger partial charge in [-0.05, 0) is 23.8 Å². The third-order valence-electron chi connectivity index (χ3n) is 3.34. The van der Waals surface area contributed by atoms with Crippen LogP contribution in [0.5, 0.6) is 0 Å². The Labute approximate surface area is 130 Å². The number of amides is 1. The number of hydrogen-bond donors (Lipinski definition) is 3. The Morgan fingerprint density at radius 2 is 2.04 bits per heavy atom. The lowest BCUT2D eigenvalue weighted by Gasteiger charge is -2.10. The summed E-state index contributed by atoms with van der Waals surface area (Å²) in [5.41, 5.74) is 1.66. The molecule has 6 nitrogen and oxygen atoms in total. The molecule has 0 aliphatic heterocycles. The zero-order chi connectivity index (χ0) is 16.4. The maximum atomic E-state index is 13.6. The third kappa shape index (κ3) is 3.03. The molecule has 0 spiro atoms. The Balaban J connectivity index is 1.95. The van der Waals surface area contributed by atoms with Crippen molar-refractivity contribution in [2.24, 2.45) is 0 Å². The van der Waals surface area contributed by atoms with Gasteiger partial charge in [-0.2, -0.15) is 0 Å². The van der Waals surface area contributed by atoms with Crippen molar-refractivity contribution in [2.45, 2.75) is 6.42 Å². The van der Waals surface area contributed by atoms with Crippen LogP contribution >= 0.6 is 0 Å². The summed E-state index contributed by atoms with van der Waals surface area (Å²) in [6.45, 7) is 0. The van der Waals surface area contributed by atoms with E-state index in [1.807, 2.05) is 0 Å². The number of aromatic amines is 1. The van der Waals surface area contributed by atoms with Crippen LogP contribution in [0.1, 0.15) is 15.9 Å². The fraction of sp³-hybridized carbons (Fsp3) is 0.0625. The monoisotopic (exact) mass is 313 g/mol. The van der Waals surface area contributed by atoms with Crippen molar-refractivity contribution >= 4 is 28.6 Å². The van der Waals surface area contributed by atoms with E-state index in [0.717, 1.165) is 6.07 Å². The van der Waals surface area contributed by atoms with Gasteiger partial charge in [0.05, 0.1) is 23.8 Å². The molecule has 3 N–H and O–H groups in total. The van der Waals surface area contributed by atoms with Crippen LogP contribution < -0.4 is 5.32 Å². The summed E-state index contributed by atoms with van der Waals surface area (Å²) in [7, 11) is 0. The largest absolute Gasteiger partial charge is 0.481 e. The number of carbonyl (C=O) groups is 2. The molecule has 23 heavy (non-hydrogen) atoms. The van der Waals surface area contributed by atoms with Gasteiger partial charge >= 0.3 is 5.97 Å². The summed E-state index contributed by atoms with van der Waals surface area (Å²) in [4.78, 5) is 30.1. The molecule has 0 unspecified atom stereocenters. The number of carboxylic acids is 1. The lowest BCUT2D eigenvalue weighted by molar-refractivity contribution is -0.136. The van der Waals surface area contributed by atoms with Gasteiger partial charge in [-0.15, -0.1) is 0 Å². The summed E-state index contributed by atoms with van der Waals surface area (Å²) in [6.07, 6.45) is 1.15. The van der Waals surface area contributed by atoms with E-state index >= 15 is 0 Å². The summed E-state index contributed by atoms with van der Waals surface area (Å²) < 4.78 is 13.6. The lowest BCUT2D eigenvalue weighted by atomic mass is 10.1. The Hall–Kier alpha value is -3.22. The number of rotatable bonds is 4. The Kier molecular flexibility index (Phi) is 3.76. The van der Waals surface area contributed by atoms with E-state index in [0.29, 0.717) is 22.3 Å². The van der Waals surface area contributed by atoms with E-state index in [1.54, 1.807) is 24.3 Å². The Morgan fingerprint density at radius 3 is 2.83 bits per heavy atom. The van der Waals surface area contributed by atoms with E-state index in [9.17, 15) is 14.0 Å². The molecule has 0 bridgehead atoms. The topological polar surface area (TPSA) is 95.1 Å². The number of H-pyrrole nitrogens is 1. The van der Waals surface area contributed by atoms with E-state index in [1.165, 1.54) is 12.4 Å². The number of nitrogens with zero attached hydrogens (tertiary/aromatic N) is 1. The van der Waals surface area contributed by atoms with E-state index < -0.39 is 17.7 Å². The number of nitrogens with one attached hydrogen (secondary N) is 2. The molecule has 1 heterocycles. The highest BCUT2D eigenvalue weighted by Gasteiger charge is 2.16. The van der Waals surface area contributed by atoms with Gasteiger partial charge in [-0.3, -0.25) is 9.59 Å². The fourth-order valence-electron chi connectivity index (χ4n) is 2.34. The highest BCUT2D eigenvalue weighted by Crippen LogP contribution is 2.21. The van der Waals surface area contributed by atoms with Crippen LogP contribution in [0.3, 0.4) is 0 Å². The highest BCUT2D eigenvalue weighted by atomic mass is 19.1. The maximum Gasteiger partial charge on any atom is 0.307 e. The summed E-state index contributed by atoms with van der Waals surface area (Å²) in [5, 5.41) is 11.5. The van der Waals surface area contributed by atoms with Crippen molar-refractivity contribution in [3.63, 3.8) is 0 Å². The van der Waals surface area contributed by atoms with Gasteiger partial charge in [-0.25, -0.2) is 9.37 Å². The van der Waals surface area contributed by atoms with Gasteiger partial charge in [0.2, 0.25) is 0 Å². The zero-order valence-electron chi connectivity index (χ0n) is 11.8. The number of anilines is 1. The highest BCUT2D eigenvalue weighted by molar-refractivity contribution is 6.11. The molecule has 0 fully saturated rings. The molecule has 0 atom stereocenters. The second kappa shape index (κ2) is 5.88. The Bertz CT molecular complexity index is 904. The summed E-state index contributed by atoms with van der Waals surface area (Å²) in [5.74, 6) is -2.13. The smallest absolute Gasteiger partial charge is 0.307 e. The first-order valence-electron chi connectivity index (χ1n) is 6.78. The first kappa shape index (κ1) is 14.7. The maximum absolute atomic E-state index is 13.6. The Morgan fingerprint density at radius 1 is 1.26 bits per heavy atom. The molecule has 1 aromatic heterocycles. The van der Waals surface area contributed by atoms with Crippen molar-refractivity contribution in [3.8, 4) is 0 Å². The molecule has 0 aliphatic rings. The van der Waals surface area contributed by atoms with Gasteiger partial charge in [0.15, 0.2) is 0 Å². The minimum atomic E-state index is -1.01. The molecule has 7 heteroatoms. The van der Waals surface area contributed by atoms with Crippen LogP contribution in [0.4, 0.5) is 10.1 Å². The quantitative estimate of drug-likeness (QED) is 0.690. The number of carboxylic acid groups (broad SMARTS) is 1. The number of halogens is 1. The SMILES string of the molecule is O=C(O)Cc1ccccc1NC(=O)c1cc(F)cc2[nH]cnc12. The number of para-hydroxylation sites is 1. The predicted molar refractivity (Wildman–Crippen MR) is 81.8 cm³/mol. The number of aliphatic carboxylic acids is 1. The molecule has 116 valence electrons. The molecular weight excluding hydrogens is 301 g/mol. The second-order valence-corrected chi connectivity index (χ2v) is 4.93. The van der Waals surface area contributed by atoms with Gasteiger partial charge < -0.3 is 15.4 Å². The standard InChI is InChI=1S/C16H12FN3O3/c17-10-6-11(15-13(7-10)18-8-19-15)16(23)20-12-4-2-1-3-9(12)5-14(21)22/h1-4,6-8H,5H2,(H,18,19)(H,20,23)(H,21,22). The normalized spacial score (nSPS) is 10.7. The molecule has 3 aromatic rings. The van der Waals surface area contributed by atoms with Crippen LogP contribution in [0.25, 0.3) is 11.0 Å². The van der Waals surface area contributed by atoms with Crippen molar-refractivity contribution in [3.05, 3.63) is 59.7 Å². The molecule has 2 aromatic carbocycles. The van der Waals surface area contributed by atoms with E-state index in [2.05, 4.69) is 15.3 Å².